The number of aromatic nitrogens is 1. The van der Waals surface area contributed by atoms with E-state index in [1.54, 1.807) is 18.6 Å². The van der Waals surface area contributed by atoms with Gasteiger partial charge in [0.25, 0.3) is 0 Å². The van der Waals surface area contributed by atoms with Crippen molar-refractivity contribution in [3.8, 4) is 11.6 Å². The second kappa shape index (κ2) is 11.6. The summed E-state index contributed by atoms with van der Waals surface area (Å²) in [6, 6.07) is 13.0. The highest BCUT2D eigenvalue weighted by Gasteiger charge is 2.21. The summed E-state index contributed by atoms with van der Waals surface area (Å²) < 4.78 is 7.78. The van der Waals surface area contributed by atoms with Gasteiger partial charge in [0.1, 0.15) is 5.75 Å². The van der Waals surface area contributed by atoms with E-state index in [1.807, 2.05) is 42.5 Å². The number of azo groups is 1. The van der Waals surface area contributed by atoms with Crippen molar-refractivity contribution < 1.29 is 19.5 Å². The van der Waals surface area contributed by atoms with E-state index in [4.69, 9.17) is 9.57 Å². The van der Waals surface area contributed by atoms with Crippen molar-refractivity contribution in [2.24, 2.45) is 15.4 Å². The molecule has 190 valence electrons. The van der Waals surface area contributed by atoms with Crippen LogP contribution in [0.25, 0.3) is 10.9 Å². The fourth-order valence-electron chi connectivity index (χ4n) is 3.93. The molecule has 4 rings (SSSR count). The zero-order chi connectivity index (χ0) is 25.7. The number of carbonyl (C=O) groups is 1. The molecular weight excluding hydrogens is 528 g/mol. The van der Waals surface area contributed by atoms with Gasteiger partial charge in [-0.05, 0) is 62.0 Å². The molecule has 1 aliphatic heterocycles. The molecule has 1 saturated heterocycles. The van der Waals surface area contributed by atoms with Crippen molar-refractivity contribution >= 4 is 44.1 Å². The molecular formula is C25H29BrN6O4. The number of aromatic hydroxyl groups is 1. The minimum Gasteiger partial charge on any atom is -0.497 e. The third kappa shape index (κ3) is 6.10. The monoisotopic (exact) mass is 556 g/mol. The largest absolute Gasteiger partial charge is 0.497 e. The first-order valence-corrected chi connectivity index (χ1v) is 12.3. The van der Waals surface area contributed by atoms with E-state index in [0.717, 1.165) is 47.5 Å². The Bertz CT molecular complexity index is 1280. The van der Waals surface area contributed by atoms with Crippen LogP contribution in [0.5, 0.6) is 11.6 Å². The summed E-state index contributed by atoms with van der Waals surface area (Å²) in [5, 5.41) is 23.5. The average Bonchev–Trinajstić information content (AvgIpc) is 3.13. The predicted octanol–water partition coefficient (Wildman–Crippen LogP) is 4.37. The van der Waals surface area contributed by atoms with Crippen LogP contribution in [0.2, 0.25) is 0 Å². The molecule has 10 nitrogen and oxygen atoms in total. The predicted molar refractivity (Wildman–Crippen MR) is 141 cm³/mol. The molecule has 1 amide bonds. The number of methoxy groups -OCH3 is 1. The number of carbonyl (C=O) groups excluding carboxylic acids is 1. The lowest BCUT2D eigenvalue weighted by Crippen LogP contribution is -2.44. The number of benzene rings is 2. The third-order valence-corrected chi connectivity index (χ3v) is 6.56. The number of oxime groups is 1. The lowest BCUT2D eigenvalue weighted by atomic mass is 10.1. The standard InChI is InChI=1S/C25H29BrN6O4/c1-17(18-4-7-20(35-3)8-5-18)29-36-15-23(33)27-28-24-21-14-19(26)6-9-22(21)32(25(24)34)16-31-12-10-30(2)11-13-31/h4-9,14,34H,10-13,15-16H2,1-3H3/b28-27?,29-17+. The van der Waals surface area contributed by atoms with Crippen LogP contribution in [0, 0.1) is 0 Å². The summed E-state index contributed by atoms with van der Waals surface area (Å²) >= 11 is 3.47. The van der Waals surface area contributed by atoms with Crippen LogP contribution in [0.15, 0.2) is 62.3 Å². The normalized spacial score (nSPS) is 15.6. The van der Waals surface area contributed by atoms with Crippen LogP contribution in [-0.4, -0.2) is 78.0 Å². The molecule has 1 aliphatic rings. The number of amides is 1. The van der Waals surface area contributed by atoms with Crippen molar-refractivity contribution in [3.05, 3.63) is 52.5 Å². The van der Waals surface area contributed by atoms with Gasteiger partial charge in [0.05, 0.1) is 25.0 Å². The second-order valence-electron chi connectivity index (χ2n) is 8.60. The number of fused-ring (bicyclic) bond motifs is 1. The average molecular weight is 557 g/mol. The van der Waals surface area contributed by atoms with Crippen LogP contribution in [0.3, 0.4) is 0 Å². The number of ether oxygens (including phenoxy) is 1. The van der Waals surface area contributed by atoms with Crippen molar-refractivity contribution in [2.75, 3.05) is 46.9 Å². The van der Waals surface area contributed by atoms with Gasteiger partial charge in [-0.2, -0.15) is 0 Å². The SMILES string of the molecule is COc1ccc(/C(C)=N/OCC(=O)N=Nc2c(O)n(CN3CCN(C)CC3)c3ccc(Br)cc23)cc1. The molecule has 0 atom stereocenters. The van der Waals surface area contributed by atoms with Crippen molar-refractivity contribution in [3.63, 3.8) is 0 Å². The van der Waals surface area contributed by atoms with Crippen LogP contribution in [-0.2, 0) is 16.3 Å². The van der Waals surface area contributed by atoms with Gasteiger partial charge < -0.3 is 19.6 Å². The first-order valence-electron chi connectivity index (χ1n) is 11.5. The number of rotatable bonds is 8. The zero-order valence-electron chi connectivity index (χ0n) is 20.5. The Hall–Kier alpha value is -3.28. The highest BCUT2D eigenvalue weighted by atomic mass is 79.9. The maximum Gasteiger partial charge on any atom is 0.304 e. The number of hydrogen-bond donors (Lipinski definition) is 1. The van der Waals surface area contributed by atoms with Crippen molar-refractivity contribution in [2.45, 2.75) is 13.6 Å². The van der Waals surface area contributed by atoms with Gasteiger partial charge in [-0.3, -0.25) is 14.3 Å². The molecule has 1 aromatic heterocycles. The Kier molecular flexibility index (Phi) is 8.34. The molecule has 0 spiro atoms. The summed E-state index contributed by atoms with van der Waals surface area (Å²) in [6.45, 7) is 5.65. The third-order valence-electron chi connectivity index (χ3n) is 6.07. The molecule has 1 fully saturated rings. The second-order valence-corrected chi connectivity index (χ2v) is 9.51. The van der Waals surface area contributed by atoms with Crippen LogP contribution >= 0.6 is 15.9 Å². The Morgan fingerprint density at radius 1 is 1.11 bits per heavy atom. The fraction of sp³-hybridized carbons (Fsp3) is 0.360. The van der Waals surface area contributed by atoms with Gasteiger partial charge in [-0.15, -0.1) is 10.2 Å². The Balaban J connectivity index is 1.46. The first-order chi connectivity index (χ1) is 17.4. The number of halogens is 1. The molecule has 0 aliphatic carbocycles. The Morgan fingerprint density at radius 3 is 2.53 bits per heavy atom. The van der Waals surface area contributed by atoms with Gasteiger partial charge in [-0.25, -0.2) is 0 Å². The number of hydrogen-bond acceptors (Lipinski definition) is 8. The molecule has 3 aromatic rings. The summed E-state index contributed by atoms with van der Waals surface area (Å²) in [7, 11) is 3.70. The van der Waals surface area contributed by atoms with Gasteiger partial charge >= 0.3 is 5.91 Å². The fourth-order valence-corrected chi connectivity index (χ4v) is 4.29. The lowest BCUT2D eigenvalue weighted by molar-refractivity contribution is -0.122. The molecule has 36 heavy (non-hydrogen) atoms. The highest BCUT2D eigenvalue weighted by molar-refractivity contribution is 9.10. The first kappa shape index (κ1) is 25.8. The van der Waals surface area contributed by atoms with Gasteiger partial charge in [0.15, 0.2) is 12.3 Å². The lowest BCUT2D eigenvalue weighted by Gasteiger charge is -2.32. The minimum atomic E-state index is -0.615. The number of piperazine rings is 1. The van der Waals surface area contributed by atoms with Gasteiger partial charge in [0, 0.05) is 36.0 Å². The molecule has 2 heterocycles. The number of nitrogens with zero attached hydrogens (tertiary/aromatic N) is 6. The van der Waals surface area contributed by atoms with E-state index >= 15 is 0 Å². The molecule has 0 bridgehead atoms. The molecule has 0 radical (unpaired) electrons. The van der Waals surface area contributed by atoms with Crippen molar-refractivity contribution in [1.29, 1.82) is 0 Å². The Labute approximate surface area is 217 Å². The van der Waals surface area contributed by atoms with E-state index < -0.39 is 5.91 Å². The molecule has 11 heteroatoms. The maximum atomic E-state index is 12.3. The van der Waals surface area contributed by atoms with E-state index in [-0.39, 0.29) is 18.2 Å². The highest BCUT2D eigenvalue weighted by Crippen LogP contribution is 2.40. The number of likely N-dealkylation sites (N-methyl/N-ethyl adjacent to an activating group) is 1. The topological polar surface area (TPSA) is 104 Å². The molecule has 0 saturated carbocycles. The zero-order valence-corrected chi connectivity index (χ0v) is 22.1. The quantitative estimate of drug-likeness (QED) is 0.251. The maximum absolute atomic E-state index is 12.3. The summed E-state index contributed by atoms with van der Waals surface area (Å²) in [5.41, 5.74) is 2.50. The smallest absolute Gasteiger partial charge is 0.304 e. The molecule has 1 N–H and O–H groups in total. The molecule has 0 unspecified atom stereocenters. The van der Waals surface area contributed by atoms with Gasteiger partial charge in [0.2, 0.25) is 5.88 Å². The van der Waals surface area contributed by atoms with Crippen LogP contribution < -0.4 is 4.74 Å². The van der Waals surface area contributed by atoms with Crippen molar-refractivity contribution in [1.82, 2.24) is 14.4 Å². The van der Waals surface area contributed by atoms with E-state index in [9.17, 15) is 9.90 Å². The van der Waals surface area contributed by atoms with Crippen LogP contribution in [0.4, 0.5) is 5.69 Å². The Morgan fingerprint density at radius 2 is 1.83 bits per heavy atom. The summed E-state index contributed by atoms with van der Waals surface area (Å²) in [6.07, 6.45) is 0. The van der Waals surface area contributed by atoms with E-state index in [2.05, 4.69) is 48.2 Å². The van der Waals surface area contributed by atoms with E-state index in [1.165, 1.54) is 0 Å². The summed E-state index contributed by atoms with van der Waals surface area (Å²) in [5.74, 6) is 0.0896. The minimum absolute atomic E-state index is 0.0344. The summed E-state index contributed by atoms with van der Waals surface area (Å²) in [4.78, 5) is 22.0. The molecule has 2 aromatic carbocycles. The van der Waals surface area contributed by atoms with Crippen LogP contribution in [0.1, 0.15) is 12.5 Å². The van der Waals surface area contributed by atoms with E-state index in [0.29, 0.717) is 17.8 Å². The van der Waals surface area contributed by atoms with Gasteiger partial charge in [-0.1, -0.05) is 21.1 Å².